The van der Waals surface area contributed by atoms with Gasteiger partial charge in [-0.3, -0.25) is 0 Å². The van der Waals surface area contributed by atoms with Gasteiger partial charge in [0.25, 0.3) is 0 Å². The molecular weight excluding hydrogens is 585 g/mol. The van der Waals surface area contributed by atoms with Gasteiger partial charge < -0.3 is 9.13 Å². The van der Waals surface area contributed by atoms with E-state index in [-0.39, 0.29) is 0 Å². The second-order valence-electron chi connectivity index (χ2n) is 11.9. The number of aromatic nitrogens is 2. The second kappa shape index (κ2) is 10.9. The fourth-order valence-corrected chi connectivity index (χ4v) is 7.39. The molecule has 0 amide bonds. The van der Waals surface area contributed by atoms with Crippen molar-refractivity contribution in [1.29, 1.82) is 10.5 Å². The van der Waals surface area contributed by atoms with Crippen LogP contribution < -0.4 is 0 Å². The number of fused-ring (bicyclic) bond motifs is 6. The van der Waals surface area contributed by atoms with Crippen LogP contribution >= 0.6 is 0 Å². The van der Waals surface area contributed by atoms with Gasteiger partial charge in [0, 0.05) is 32.8 Å². The van der Waals surface area contributed by atoms with Crippen molar-refractivity contribution in [2.24, 2.45) is 0 Å². The molecule has 0 N–H and O–H groups in total. The van der Waals surface area contributed by atoms with E-state index in [1.54, 1.807) is 0 Å². The lowest BCUT2D eigenvalue weighted by atomic mass is 9.92. The van der Waals surface area contributed by atoms with Crippen LogP contribution in [-0.2, 0) is 0 Å². The van der Waals surface area contributed by atoms with E-state index in [1.807, 2.05) is 42.5 Å². The molecule has 4 nitrogen and oxygen atoms in total. The third-order valence-corrected chi connectivity index (χ3v) is 9.43. The first-order chi connectivity index (χ1) is 23.8. The summed E-state index contributed by atoms with van der Waals surface area (Å²) in [7, 11) is 0. The molecule has 0 fully saturated rings. The Labute approximate surface area is 277 Å². The highest BCUT2D eigenvalue weighted by atomic mass is 15.0. The van der Waals surface area contributed by atoms with Gasteiger partial charge in [-0.05, 0) is 59.2 Å². The van der Waals surface area contributed by atoms with Crippen LogP contribution in [0.15, 0.2) is 158 Å². The Morgan fingerprint density at radius 3 is 1.50 bits per heavy atom. The van der Waals surface area contributed by atoms with E-state index in [1.165, 1.54) is 21.8 Å². The number of hydrogen-bond acceptors (Lipinski definition) is 2. The molecule has 0 aliphatic heterocycles. The van der Waals surface area contributed by atoms with Crippen LogP contribution in [0.5, 0.6) is 0 Å². The van der Waals surface area contributed by atoms with E-state index in [2.05, 4.69) is 137 Å². The van der Waals surface area contributed by atoms with Gasteiger partial charge in [-0.1, -0.05) is 115 Å². The minimum atomic E-state index is 0.541. The maximum atomic E-state index is 10.5. The molecular formula is C44H26N4. The normalized spacial score (nSPS) is 11.3. The van der Waals surface area contributed by atoms with Crippen LogP contribution in [0.25, 0.3) is 77.2 Å². The highest BCUT2D eigenvalue weighted by molar-refractivity contribution is 6.12. The highest BCUT2D eigenvalue weighted by Crippen LogP contribution is 2.42. The van der Waals surface area contributed by atoms with Gasteiger partial charge in [-0.25, -0.2) is 0 Å². The maximum Gasteiger partial charge on any atom is 0.101 e. The van der Waals surface area contributed by atoms with E-state index < -0.39 is 0 Å². The molecule has 7 aromatic carbocycles. The monoisotopic (exact) mass is 610 g/mol. The van der Waals surface area contributed by atoms with Crippen LogP contribution in [-0.4, -0.2) is 9.13 Å². The Morgan fingerprint density at radius 2 is 0.854 bits per heavy atom. The van der Waals surface area contributed by atoms with E-state index in [9.17, 15) is 10.5 Å². The zero-order chi connectivity index (χ0) is 32.2. The summed E-state index contributed by atoms with van der Waals surface area (Å²) < 4.78 is 4.43. The minimum absolute atomic E-state index is 0.541. The first kappa shape index (κ1) is 27.4. The molecule has 0 atom stereocenters. The zero-order valence-electron chi connectivity index (χ0n) is 25.8. The SMILES string of the molecule is N#Cc1cccc(-c2ccccc2-c2ccc(-n3c4ccccc4c4ccccc43)cc2)c1-n1c2ccccc2c2cccc(C#N)c21. The van der Waals surface area contributed by atoms with E-state index >= 15 is 0 Å². The van der Waals surface area contributed by atoms with Gasteiger partial charge in [0.15, 0.2) is 0 Å². The molecule has 0 spiro atoms. The second-order valence-corrected chi connectivity index (χ2v) is 11.9. The molecule has 0 radical (unpaired) electrons. The molecule has 0 bridgehead atoms. The summed E-state index contributed by atoms with van der Waals surface area (Å²) in [5, 5.41) is 25.2. The summed E-state index contributed by atoms with van der Waals surface area (Å²) in [6, 6.07) is 58.9. The predicted octanol–water partition coefficient (Wildman–Crippen LogP) is 11.0. The first-order valence-electron chi connectivity index (χ1n) is 15.9. The van der Waals surface area contributed by atoms with Crippen molar-refractivity contribution < 1.29 is 0 Å². The van der Waals surface area contributed by atoms with Gasteiger partial charge in [-0.2, -0.15) is 10.5 Å². The van der Waals surface area contributed by atoms with Gasteiger partial charge in [0.2, 0.25) is 0 Å². The molecule has 0 aliphatic rings. The Balaban J connectivity index is 1.26. The molecule has 48 heavy (non-hydrogen) atoms. The minimum Gasteiger partial charge on any atom is -0.309 e. The highest BCUT2D eigenvalue weighted by Gasteiger charge is 2.22. The summed E-state index contributed by atoms with van der Waals surface area (Å²) in [5.41, 5.74) is 11.1. The molecule has 0 saturated heterocycles. The molecule has 0 unspecified atom stereocenters. The fraction of sp³-hybridized carbons (Fsp3) is 0. The van der Waals surface area contributed by atoms with E-state index in [0.717, 1.165) is 55.4 Å². The van der Waals surface area contributed by atoms with Crippen LogP contribution in [0.3, 0.4) is 0 Å². The van der Waals surface area contributed by atoms with E-state index in [0.29, 0.717) is 11.1 Å². The Kier molecular flexibility index (Phi) is 6.22. The first-order valence-corrected chi connectivity index (χ1v) is 15.9. The number of para-hydroxylation sites is 5. The van der Waals surface area contributed by atoms with Gasteiger partial charge in [-0.15, -0.1) is 0 Å². The molecule has 4 heteroatoms. The quantitative estimate of drug-likeness (QED) is 0.199. The van der Waals surface area contributed by atoms with Crippen molar-refractivity contribution in [2.75, 3.05) is 0 Å². The predicted molar refractivity (Wildman–Crippen MR) is 195 cm³/mol. The molecule has 222 valence electrons. The summed E-state index contributed by atoms with van der Waals surface area (Å²) in [6.45, 7) is 0. The zero-order valence-corrected chi connectivity index (χ0v) is 25.8. The lowest BCUT2D eigenvalue weighted by Gasteiger charge is -2.18. The van der Waals surface area contributed by atoms with Crippen molar-refractivity contribution in [3.8, 4) is 45.8 Å². The average Bonchev–Trinajstić information content (AvgIpc) is 3.68. The molecule has 9 rings (SSSR count). The lowest BCUT2D eigenvalue weighted by molar-refractivity contribution is 1.16. The Bertz CT molecular complexity index is 2750. The number of rotatable bonds is 4. The largest absolute Gasteiger partial charge is 0.309 e. The molecule has 2 aromatic heterocycles. The smallest absolute Gasteiger partial charge is 0.101 e. The molecule has 2 heterocycles. The van der Waals surface area contributed by atoms with Gasteiger partial charge in [0.05, 0.1) is 38.9 Å². The van der Waals surface area contributed by atoms with Crippen molar-refractivity contribution in [3.05, 3.63) is 169 Å². The summed E-state index contributed by atoms with van der Waals surface area (Å²) >= 11 is 0. The topological polar surface area (TPSA) is 57.4 Å². The van der Waals surface area contributed by atoms with Crippen LogP contribution in [0.1, 0.15) is 11.1 Å². The average molecular weight is 611 g/mol. The Hall–Kier alpha value is -6.88. The third kappa shape index (κ3) is 4.01. The maximum absolute atomic E-state index is 10.5. The lowest BCUT2D eigenvalue weighted by Crippen LogP contribution is -2.02. The fourth-order valence-electron chi connectivity index (χ4n) is 7.39. The number of hydrogen-bond donors (Lipinski definition) is 0. The van der Waals surface area contributed by atoms with Crippen molar-refractivity contribution in [2.45, 2.75) is 0 Å². The number of nitriles is 2. The van der Waals surface area contributed by atoms with Crippen LogP contribution in [0.2, 0.25) is 0 Å². The van der Waals surface area contributed by atoms with Gasteiger partial charge in [0.1, 0.15) is 12.1 Å². The molecule has 0 aliphatic carbocycles. The van der Waals surface area contributed by atoms with Crippen molar-refractivity contribution in [1.82, 2.24) is 9.13 Å². The molecule has 9 aromatic rings. The standard InChI is InChI=1S/C44H26N4/c45-27-30-11-9-18-38(43(30)48-42-22-8-5-17-37(42)39-19-10-12-31(28-46)44(39)48)34-14-2-1-13-33(34)29-23-25-32(26-24-29)47-40-20-6-3-15-35(40)36-16-4-7-21-41(36)47/h1-26H. The third-order valence-electron chi connectivity index (χ3n) is 9.43. The Morgan fingerprint density at radius 1 is 0.375 bits per heavy atom. The summed E-state index contributed by atoms with van der Waals surface area (Å²) in [6.07, 6.45) is 0. The number of benzene rings is 7. The molecule has 0 saturated carbocycles. The summed E-state index contributed by atoms with van der Waals surface area (Å²) in [4.78, 5) is 0. The van der Waals surface area contributed by atoms with Crippen molar-refractivity contribution >= 4 is 43.6 Å². The van der Waals surface area contributed by atoms with Crippen LogP contribution in [0, 0.1) is 22.7 Å². The van der Waals surface area contributed by atoms with Crippen LogP contribution in [0.4, 0.5) is 0 Å². The van der Waals surface area contributed by atoms with Crippen molar-refractivity contribution in [3.63, 3.8) is 0 Å². The van der Waals surface area contributed by atoms with E-state index in [4.69, 9.17) is 0 Å². The van der Waals surface area contributed by atoms with Gasteiger partial charge >= 0.3 is 0 Å². The number of nitrogens with zero attached hydrogens (tertiary/aromatic N) is 4. The summed E-state index contributed by atoms with van der Waals surface area (Å²) in [5.74, 6) is 0.